The molecule has 1 N–H and O–H groups in total. The van der Waals surface area contributed by atoms with Gasteiger partial charge in [-0.3, -0.25) is 0 Å². The highest BCUT2D eigenvalue weighted by molar-refractivity contribution is 5.89. The van der Waals surface area contributed by atoms with Crippen molar-refractivity contribution in [2.75, 3.05) is 7.11 Å². The summed E-state index contributed by atoms with van der Waals surface area (Å²) in [6.45, 7) is 0. The lowest BCUT2D eigenvalue weighted by Gasteiger charge is -2.34. The number of rotatable bonds is 2. The van der Waals surface area contributed by atoms with Gasteiger partial charge in [0.1, 0.15) is 0 Å². The molecule has 2 bridgehead atoms. The van der Waals surface area contributed by atoms with Crippen LogP contribution >= 0.6 is 0 Å². The number of esters is 1. The van der Waals surface area contributed by atoms with Gasteiger partial charge in [-0.05, 0) is 47.6 Å². The lowest BCUT2D eigenvalue weighted by Crippen LogP contribution is -2.31. The number of carbonyl (C=O) groups excluding carboxylic acids is 1. The SMILES string of the molecule is COC(=O)c1ccc2c(c1)[C@H]1C[C@@H]2C[C@@]1(O)c1ccccc1. The Bertz CT molecular complexity index is 738. The summed E-state index contributed by atoms with van der Waals surface area (Å²) in [5, 5.41) is 11.3. The molecule has 0 aliphatic heterocycles. The first-order chi connectivity index (χ1) is 10.6. The third kappa shape index (κ3) is 1.75. The van der Waals surface area contributed by atoms with Gasteiger partial charge in [-0.15, -0.1) is 0 Å². The quantitative estimate of drug-likeness (QED) is 0.864. The molecular formula is C19H18O3. The molecule has 0 spiro atoms. The van der Waals surface area contributed by atoms with Crippen LogP contribution in [-0.2, 0) is 10.3 Å². The van der Waals surface area contributed by atoms with Crippen molar-refractivity contribution in [3.63, 3.8) is 0 Å². The molecule has 1 fully saturated rings. The maximum absolute atomic E-state index is 11.8. The van der Waals surface area contributed by atoms with Crippen molar-refractivity contribution in [3.8, 4) is 0 Å². The number of methoxy groups -OCH3 is 1. The van der Waals surface area contributed by atoms with E-state index in [2.05, 4.69) is 0 Å². The Labute approximate surface area is 129 Å². The van der Waals surface area contributed by atoms with Crippen LogP contribution in [0, 0.1) is 0 Å². The van der Waals surface area contributed by atoms with Gasteiger partial charge in [-0.1, -0.05) is 36.4 Å². The Hall–Kier alpha value is -2.13. The normalized spacial score (nSPS) is 28.5. The number of hydrogen-bond acceptors (Lipinski definition) is 3. The van der Waals surface area contributed by atoms with Crippen LogP contribution in [0.4, 0.5) is 0 Å². The fourth-order valence-electron chi connectivity index (χ4n) is 4.24. The number of carbonyl (C=O) groups is 1. The van der Waals surface area contributed by atoms with Crippen molar-refractivity contribution in [1.82, 2.24) is 0 Å². The molecule has 0 amide bonds. The second-order valence-corrected chi connectivity index (χ2v) is 6.31. The molecule has 0 heterocycles. The van der Waals surface area contributed by atoms with Crippen LogP contribution in [0.2, 0.25) is 0 Å². The summed E-state index contributed by atoms with van der Waals surface area (Å²) < 4.78 is 4.81. The average Bonchev–Trinajstić information content (AvgIpc) is 3.10. The number of fused-ring (bicyclic) bond motifs is 5. The summed E-state index contributed by atoms with van der Waals surface area (Å²) in [6.07, 6.45) is 1.71. The lowest BCUT2D eigenvalue weighted by atomic mass is 9.75. The molecule has 3 nitrogen and oxygen atoms in total. The summed E-state index contributed by atoms with van der Waals surface area (Å²) in [5.41, 5.74) is 3.08. The number of benzene rings is 2. The van der Waals surface area contributed by atoms with Gasteiger partial charge < -0.3 is 9.84 Å². The third-order valence-electron chi connectivity index (χ3n) is 5.25. The Morgan fingerprint density at radius 2 is 1.95 bits per heavy atom. The molecule has 4 rings (SSSR count). The minimum Gasteiger partial charge on any atom is -0.465 e. The van der Waals surface area contributed by atoms with E-state index in [0.717, 1.165) is 24.0 Å². The van der Waals surface area contributed by atoms with Gasteiger partial charge in [-0.25, -0.2) is 4.79 Å². The molecule has 0 unspecified atom stereocenters. The molecular weight excluding hydrogens is 276 g/mol. The summed E-state index contributed by atoms with van der Waals surface area (Å²) in [6, 6.07) is 15.6. The topological polar surface area (TPSA) is 46.5 Å². The van der Waals surface area contributed by atoms with Gasteiger partial charge >= 0.3 is 5.97 Å². The largest absolute Gasteiger partial charge is 0.465 e. The van der Waals surface area contributed by atoms with Crippen molar-refractivity contribution in [2.45, 2.75) is 30.3 Å². The van der Waals surface area contributed by atoms with Gasteiger partial charge in [0.25, 0.3) is 0 Å². The van der Waals surface area contributed by atoms with Gasteiger partial charge in [0, 0.05) is 5.92 Å². The average molecular weight is 294 g/mol. The van der Waals surface area contributed by atoms with E-state index in [1.165, 1.54) is 12.7 Å². The molecule has 22 heavy (non-hydrogen) atoms. The van der Waals surface area contributed by atoms with E-state index in [9.17, 15) is 9.90 Å². The fraction of sp³-hybridized carbons (Fsp3) is 0.316. The molecule has 2 aliphatic carbocycles. The van der Waals surface area contributed by atoms with E-state index in [-0.39, 0.29) is 11.9 Å². The van der Waals surface area contributed by atoms with Crippen LogP contribution in [0.15, 0.2) is 48.5 Å². The molecule has 0 aromatic heterocycles. The highest BCUT2D eigenvalue weighted by Gasteiger charge is 2.53. The highest BCUT2D eigenvalue weighted by atomic mass is 16.5. The van der Waals surface area contributed by atoms with Crippen LogP contribution < -0.4 is 0 Å². The van der Waals surface area contributed by atoms with Gasteiger partial charge in [0.2, 0.25) is 0 Å². The Morgan fingerprint density at radius 1 is 1.18 bits per heavy atom. The Kier molecular flexibility index (Phi) is 2.88. The monoisotopic (exact) mass is 294 g/mol. The van der Waals surface area contributed by atoms with E-state index in [4.69, 9.17) is 4.74 Å². The zero-order valence-corrected chi connectivity index (χ0v) is 12.5. The van der Waals surface area contributed by atoms with Gasteiger partial charge in [0.15, 0.2) is 0 Å². The number of hydrogen-bond donors (Lipinski definition) is 1. The first kappa shape index (κ1) is 13.5. The molecule has 0 saturated heterocycles. The molecule has 3 heteroatoms. The molecule has 112 valence electrons. The first-order valence-electron chi connectivity index (χ1n) is 7.63. The Morgan fingerprint density at radius 3 is 2.68 bits per heavy atom. The fourth-order valence-corrected chi connectivity index (χ4v) is 4.24. The summed E-state index contributed by atoms with van der Waals surface area (Å²) in [4.78, 5) is 11.8. The van der Waals surface area contributed by atoms with Crippen molar-refractivity contribution >= 4 is 5.97 Å². The van der Waals surface area contributed by atoms with Gasteiger partial charge in [0.05, 0.1) is 18.3 Å². The maximum atomic E-state index is 11.8. The van der Waals surface area contributed by atoms with Crippen LogP contribution in [0.25, 0.3) is 0 Å². The van der Waals surface area contributed by atoms with Crippen molar-refractivity contribution in [2.24, 2.45) is 0 Å². The van der Waals surface area contributed by atoms with E-state index in [1.54, 1.807) is 0 Å². The van der Waals surface area contributed by atoms with Crippen LogP contribution in [0.3, 0.4) is 0 Å². The van der Waals surface area contributed by atoms with Crippen LogP contribution in [0.5, 0.6) is 0 Å². The molecule has 3 atom stereocenters. The minimum absolute atomic E-state index is 0.0551. The first-order valence-corrected chi connectivity index (χ1v) is 7.63. The van der Waals surface area contributed by atoms with E-state index in [1.807, 2.05) is 48.5 Å². The summed E-state index contributed by atoms with van der Waals surface area (Å²) >= 11 is 0. The zero-order valence-electron chi connectivity index (χ0n) is 12.5. The maximum Gasteiger partial charge on any atom is 0.337 e. The number of ether oxygens (including phenoxy) is 1. The summed E-state index contributed by atoms with van der Waals surface area (Å²) in [7, 11) is 1.39. The highest BCUT2D eigenvalue weighted by Crippen LogP contribution is 2.61. The van der Waals surface area contributed by atoms with Crippen LogP contribution in [-0.4, -0.2) is 18.2 Å². The van der Waals surface area contributed by atoms with E-state index < -0.39 is 5.60 Å². The van der Waals surface area contributed by atoms with Crippen molar-refractivity contribution in [3.05, 3.63) is 70.8 Å². The second-order valence-electron chi connectivity index (χ2n) is 6.31. The predicted molar refractivity (Wildman–Crippen MR) is 82.8 cm³/mol. The van der Waals surface area contributed by atoms with E-state index >= 15 is 0 Å². The molecule has 0 radical (unpaired) electrons. The smallest absolute Gasteiger partial charge is 0.337 e. The second kappa shape index (κ2) is 4.68. The molecule has 2 aromatic carbocycles. The molecule has 2 aromatic rings. The van der Waals surface area contributed by atoms with Gasteiger partial charge in [-0.2, -0.15) is 0 Å². The zero-order chi connectivity index (χ0) is 15.3. The van der Waals surface area contributed by atoms with Crippen molar-refractivity contribution < 1.29 is 14.6 Å². The molecule has 2 aliphatic rings. The number of aliphatic hydroxyl groups is 1. The van der Waals surface area contributed by atoms with Crippen LogP contribution in [0.1, 0.15) is 51.7 Å². The lowest BCUT2D eigenvalue weighted by molar-refractivity contribution is 0.0208. The molecule has 1 saturated carbocycles. The Balaban J connectivity index is 1.79. The van der Waals surface area contributed by atoms with Crippen molar-refractivity contribution in [1.29, 1.82) is 0 Å². The predicted octanol–water partition coefficient (Wildman–Crippen LogP) is 3.34. The van der Waals surface area contributed by atoms with E-state index in [0.29, 0.717) is 11.5 Å². The third-order valence-corrected chi connectivity index (χ3v) is 5.25. The summed E-state index contributed by atoms with van der Waals surface area (Å²) in [5.74, 6) is 0.102. The minimum atomic E-state index is -0.826. The standard InChI is InChI=1S/C19H18O3/c1-22-18(20)12-7-8-15-13-10-17(16(15)9-12)19(21,11-13)14-5-3-2-4-6-14/h2-9,13,17,21H,10-11H2,1H3/t13-,17-,19-/m1/s1.